The van der Waals surface area contributed by atoms with E-state index in [9.17, 15) is 14.3 Å². The first-order valence-electron chi connectivity index (χ1n) is 7.74. The molecule has 2 aliphatic rings. The third kappa shape index (κ3) is 3.28. The van der Waals surface area contributed by atoms with Gasteiger partial charge in [-0.15, -0.1) is 11.6 Å². The lowest BCUT2D eigenvalue weighted by Crippen LogP contribution is -2.43. The van der Waals surface area contributed by atoms with E-state index < -0.39 is 0 Å². The van der Waals surface area contributed by atoms with Gasteiger partial charge in [-0.3, -0.25) is 4.79 Å². The van der Waals surface area contributed by atoms with Gasteiger partial charge in [0.15, 0.2) is 0 Å². The predicted octanol–water partition coefficient (Wildman–Crippen LogP) is 2.80. The van der Waals surface area contributed by atoms with Crippen LogP contribution < -0.4 is 0 Å². The molecule has 2 atom stereocenters. The summed E-state index contributed by atoms with van der Waals surface area (Å²) in [4.78, 5) is 13.9. The third-order valence-electron chi connectivity index (χ3n) is 5.07. The molecule has 1 amide bonds. The molecule has 0 spiro atoms. The molecule has 2 unspecified atom stereocenters. The summed E-state index contributed by atoms with van der Waals surface area (Å²) in [6.45, 7) is 1.04. The van der Waals surface area contributed by atoms with Gasteiger partial charge in [0.2, 0.25) is 5.91 Å². The van der Waals surface area contributed by atoms with Crippen LogP contribution in [0.5, 0.6) is 0 Å². The zero-order chi connectivity index (χ0) is 15.7. The number of nitrogens with zero attached hydrogens (tertiary/aromatic N) is 1. The van der Waals surface area contributed by atoms with Crippen LogP contribution in [-0.2, 0) is 11.3 Å². The molecule has 0 heterocycles. The van der Waals surface area contributed by atoms with Crippen LogP contribution in [0.1, 0.15) is 24.8 Å². The normalized spacial score (nSPS) is 29.2. The molecule has 0 saturated heterocycles. The van der Waals surface area contributed by atoms with E-state index in [1.165, 1.54) is 18.6 Å². The van der Waals surface area contributed by atoms with Crippen molar-refractivity contribution in [3.63, 3.8) is 0 Å². The van der Waals surface area contributed by atoms with Gasteiger partial charge in [0, 0.05) is 18.5 Å². The van der Waals surface area contributed by atoms with E-state index >= 15 is 0 Å². The van der Waals surface area contributed by atoms with Gasteiger partial charge in [-0.25, -0.2) is 4.39 Å². The van der Waals surface area contributed by atoms with Crippen molar-refractivity contribution < 1.29 is 14.3 Å². The molecule has 1 N–H and O–H groups in total. The van der Waals surface area contributed by atoms with Crippen LogP contribution in [0.2, 0.25) is 0 Å². The van der Waals surface area contributed by atoms with Gasteiger partial charge in [0.05, 0.1) is 6.61 Å². The lowest BCUT2D eigenvalue weighted by Gasteiger charge is -2.35. The lowest BCUT2D eigenvalue weighted by molar-refractivity contribution is -0.131. The number of carbonyl (C=O) groups excluding carboxylic acids is 1. The molecule has 1 aromatic rings. The second-order valence-corrected chi connectivity index (χ2v) is 7.10. The molecule has 3 rings (SSSR count). The monoisotopic (exact) mass is 325 g/mol. The Morgan fingerprint density at radius 3 is 2.50 bits per heavy atom. The number of aliphatic hydroxyl groups excluding tert-OH is 1. The average Bonchev–Trinajstić information content (AvgIpc) is 3.15. The van der Waals surface area contributed by atoms with Gasteiger partial charge >= 0.3 is 0 Å². The highest BCUT2D eigenvalue weighted by Gasteiger charge is 2.54. The van der Waals surface area contributed by atoms with E-state index in [1.54, 1.807) is 17.0 Å². The summed E-state index contributed by atoms with van der Waals surface area (Å²) in [6, 6.07) is 6.15. The van der Waals surface area contributed by atoms with Gasteiger partial charge in [-0.2, -0.15) is 0 Å². The Bertz CT molecular complexity index is 538. The van der Waals surface area contributed by atoms with E-state index in [4.69, 9.17) is 11.6 Å². The van der Waals surface area contributed by atoms with E-state index in [0.717, 1.165) is 30.2 Å². The molecule has 2 saturated carbocycles. The number of aliphatic hydroxyl groups is 1. The van der Waals surface area contributed by atoms with Gasteiger partial charge in [-0.05, 0) is 48.8 Å². The van der Waals surface area contributed by atoms with Crippen molar-refractivity contribution in [1.82, 2.24) is 4.90 Å². The fourth-order valence-electron chi connectivity index (χ4n) is 3.85. The van der Waals surface area contributed by atoms with Crippen LogP contribution in [0.15, 0.2) is 24.3 Å². The summed E-state index contributed by atoms with van der Waals surface area (Å²) < 4.78 is 13.0. The van der Waals surface area contributed by atoms with Crippen molar-refractivity contribution in [1.29, 1.82) is 0 Å². The smallest absolute Gasteiger partial charge is 0.237 e. The van der Waals surface area contributed by atoms with Gasteiger partial charge < -0.3 is 10.0 Å². The first-order chi connectivity index (χ1) is 10.5. The number of carbonyl (C=O) groups is 1. The molecule has 0 aliphatic heterocycles. The molecular weight excluding hydrogens is 305 g/mol. The van der Waals surface area contributed by atoms with E-state index in [-0.39, 0.29) is 29.6 Å². The molecule has 1 aromatic carbocycles. The number of benzene rings is 1. The van der Waals surface area contributed by atoms with E-state index in [1.807, 2.05) is 0 Å². The summed E-state index contributed by atoms with van der Waals surface area (Å²) in [5, 5.41) is 9.84. The highest BCUT2D eigenvalue weighted by atomic mass is 35.5. The summed E-state index contributed by atoms with van der Waals surface area (Å²) in [7, 11) is 0. The second kappa shape index (κ2) is 6.17. The molecule has 3 nitrogen and oxygen atoms in total. The van der Waals surface area contributed by atoms with Crippen molar-refractivity contribution in [3.8, 4) is 0 Å². The van der Waals surface area contributed by atoms with Crippen LogP contribution in [0, 0.1) is 23.1 Å². The average molecular weight is 326 g/mol. The summed E-state index contributed by atoms with van der Waals surface area (Å²) in [5.74, 6) is 0.952. The van der Waals surface area contributed by atoms with Crippen LogP contribution in [-0.4, -0.2) is 34.9 Å². The molecule has 120 valence electrons. The molecule has 0 radical (unpaired) electrons. The number of hydrogen-bond donors (Lipinski definition) is 1. The van der Waals surface area contributed by atoms with Gasteiger partial charge in [0.25, 0.3) is 0 Å². The van der Waals surface area contributed by atoms with E-state index in [2.05, 4.69) is 0 Å². The Kier molecular flexibility index (Phi) is 4.42. The lowest BCUT2D eigenvalue weighted by atomic mass is 9.83. The minimum absolute atomic E-state index is 0.0738. The SMILES string of the molecule is O=C(CCl)N(Cc1ccc(F)cc1)CC1(CO)CC2CC2C1. The first-order valence-corrected chi connectivity index (χ1v) is 8.28. The van der Waals surface area contributed by atoms with Gasteiger partial charge in [-0.1, -0.05) is 12.1 Å². The Morgan fingerprint density at radius 1 is 1.32 bits per heavy atom. The van der Waals surface area contributed by atoms with Crippen molar-refractivity contribution in [3.05, 3.63) is 35.6 Å². The molecule has 5 heteroatoms. The highest BCUT2D eigenvalue weighted by molar-refractivity contribution is 6.27. The maximum atomic E-state index is 13.0. The van der Waals surface area contributed by atoms with Crippen LogP contribution in [0.3, 0.4) is 0 Å². The number of amides is 1. The molecule has 22 heavy (non-hydrogen) atoms. The Labute approximate surface area is 135 Å². The van der Waals surface area contributed by atoms with Crippen molar-refractivity contribution >= 4 is 17.5 Å². The van der Waals surface area contributed by atoms with Crippen LogP contribution in [0.4, 0.5) is 4.39 Å². The Balaban J connectivity index is 1.72. The highest BCUT2D eigenvalue weighted by Crippen LogP contribution is 2.59. The van der Waals surface area contributed by atoms with Crippen LogP contribution in [0.25, 0.3) is 0 Å². The van der Waals surface area contributed by atoms with Crippen LogP contribution >= 0.6 is 11.6 Å². The maximum absolute atomic E-state index is 13.0. The second-order valence-electron chi connectivity index (χ2n) is 6.83. The number of alkyl halides is 1. The maximum Gasteiger partial charge on any atom is 0.237 e. The summed E-state index contributed by atoms with van der Waals surface area (Å²) >= 11 is 5.74. The number of hydrogen-bond acceptors (Lipinski definition) is 2. The Hall–Kier alpha value is -1.13. The zero-order valence-electron chi connectivity index (χ0n) is 12.5. The predicted molar refractivity (Wildman–Crippen MR) is 82.9 cm³/mol. The molecule has 0 bridgehead atoms. The third-order valence-corrected chi connectivity index (χ3v) is 5.30. The minimum Gasteiger partial charge on any atom is -0.396 e. The molecule has 2 aliphatic carbocycles. The molecule has 2 fully saturated rings. The molecule has 0 aromatic heterocycles. The molecular formula is C17H21ClFNO2. The van der Waals surface area contributed by atoms with Crippen molar-refractivity contribution in [2.45, 2.75) is 25.8 Å². The summed E-state index contributed by atoms with van der Waals surface area (Å²) in [5.41, 5.74) is 0.686. The Morgan fingerprint density at radius 2 is 1.95 bits per heavy atom. The van der Waals surface area contributed by atoms with Crippen molar-refractivity contribution in [2.75, 3.05) is 19.0 Å². The fourth-order valence-corrected chi connectivity index (χ4v) is 4.02. The number of rotatable bonds is 6. The number of halogens is 2. The zero-order valence-corrected chi connectivity index (χ0v) is 13.2. The number of fused-ring (bicyclic) bond motifs is 1. The minimum atomic E-state index is -0.290. The van der Waals surface area contributed by atoms with Gasteiger partial charge in [0.1, 0.15) is 11.7 Å². The summed E-state index contributed by atoms with van der Waals surface area (Å²) in [6.07, 6.45) is 3.25. The van der Waals surface area contributed by atoms with Crippen molar-refractivity contribution in [2.24, 2.45) is 17.3 Å². The standard InChI is InChI=1S/C17H21ClFNO2/c18-8-16(22)20(9-12-1-3-15(19)4-2-12)10-17(11-21)6-13-5-14(13)7-17/h1-4,13-14,21H,5-11H2. The quantitative estimate of drug-likeness (QED) is 0.817. The largest absolute Gasteiger partial charge is 0.396 e. The first kappa shape index (κ1) is 15.8. The van der Waals surface area contributed by atoms with E-state index in [0.29, 0.717) is 13.1 Å². The fraction of sp³-hybridized carbons (Fsp3) is 0.588. The topological polar surface area (TPSA) is 40.5 Å².